The normalized spacial score (nSPS) is 10.4. The van der Waals surface area contributed by atoms with E-state index < -0.39 is 0 Å². The van der Waals surface area contributed by atoms with Gasteiger partial charge in [-0.1, -0.05) is 0 Å². The predicted molar refractivity (Wildman–Crippen MR) is 34.9 cm³/mol. The van der Waals surface area contributed by atoms with E-state index in [1.807, 2.05) is 0 Å². The van der Waals surface area contributed by atoms with Crippen molar-refractivity contribution in [3.8, 4) is 0 Å². The molecule has 0 spiro atoms. The second-order valence-electron chi connectivity index (χ2n) is 1.93. The van der Waals surface area contributed by atoms with Gasteiger partial charge in [0.25, 0.3) is 5.56 Å². The molecule has 50 valence electrons. The molecule has 0 amide bonds. The standard InChI is InChI=1S/C6H5N3O/c10-6-2-5-8-4-1-3-7-9(6)8/h1-5H. The molecule has 2 heterocycles. The van der Waals surface area contributed by atoms with Crippen LogP contribution in [0, 0.1) is 0 Å². The summed E-state index contributed by atoms with van der Waals surface area (Å²) >= 11 is 0. The minimum atomic E-state index is -0.111. The van der Waals surface area contributed by atoms with E-state index in [-0.39, 0.29) is 5.56 Å². The van der Waals surface area contributed by atoms with Crippen LogP contribution in [0.2, 0.25) is 0 Å². The second-order valence-corrected chi connectivity index (χ2v) is 1.93. The van der Waals surface area contributed by atoms with Gasteiger partial charge in [0, 0.05) is 18.5 Å². The zero-order valence-corrected chi connectivity index (χ0v) is 5.14. The third kappa shape index (κ3) is 0.556. The molecule has 4 nitrogen and oxygen atoms in total. The average molecular weight is 135 g/mol. The van der Waals surface area contributed by atoms with E-state index in [1.54, 1.807) is 29.2 Å². The lowest BCUT2D eigenvalue weighted by atomic mass is 10.7. The van der Waals surface area contributed by atoms with Gasteiger partial charge in [-0.2, -0.15) is 5.10 Å². The maximum absolute atomic E-state index is 10.9. The van der Waals surface area contributed by atoms with Crippen LogP contribution in [0.15, 0.2) is 35.5 Å². The van der Waals surface area contributed by atoms with Crippen molar-refractivity contribution < 1.29 is 0 Å². The first-order valence-corrected chi connectivity index (χ1v) is 2.89. The van der Waals surface area contributed by atoms with Gasteiger partial charge in [0.05, 0.1) is 6.20 Å². The summed E-state index contributed by atoms with van der Waals surface area (Å²) in [5, 5.41) is 3.81. The maximum Gasteiger partial charge on any atom is 0.288 e. The Kier molecular flexibility index (Phi) is 0.887. The highest BCUT2D eigenvalue weighted by Gasteiger charge is 1.91. The summed E-state index contributed by atoms with van der Waals surface area (Å²) in [6.07, 6.45) is 4.99. The average Bonchev–Trinajstić information content (AvgIpc) is 2.34. The molecule has 0 fully saturated rings. The lowest BCUT2D eigenvalue weighted by Gasteiger charge is -1.90. The molecule has 0 aromatic carbocycles. The van der Waals surface area contributed by atoms with Gasteiger partial charge in [0.1, 0.15) is 0 Å². The molecular weight excluding hydrogens is 130 g/mol. The van der Waals surface area contributed by atoms with Gasteiger partial charge in [-0.15, -0.1) is 4.63 Å². The van der Waals surface area contributed by atoms with Gasteiger partial charge in [-0.05, 0) is 6.07 Å². The van der Waals surface area contributed by atoms with Crippen LogP contribution in [-0.4, -0.2) is 14.2 Å². The molecule has 2 aromatic heterocycles. The monoisotopic (exact) mass is 135 g/mol. The Hall–Kier alpha value is -1.58. The molecule has 0 bridgehead atoms. The van der Waals surface area contributed by atoms with Crippen LogP contribution < -0.4 is 5.56 Å². The van der Waals surface area contributed by atoms with Crippen LogP contribution in [0.1, 0.15) is 0 Å². The summed E-state index contributed by atoms with van der Waals surface area (Å²) in [5.74, 6) is 0. The van der Waals surface area contributed by atoms with Crippen LogP contribution in [0.3, 0.4) is 0 Å². The molecule has 10 heavy (non-hydrogen) atoms. The quantitative estimate of drug-likeness (QED) is 0.501. The molecule has 2 aromatic rings. The predicted octanol–water partition coefficient (Wildman–Crippen LogP) is -0.206. The molecule has 0 aliphatic heterocycles. The van der Waals surface area contributed by atoms with Crippen molar-refractivity contribution in [3.05, 3.63) is 41.1 Å². The smallest absolute Gasteiger partial charge is 0.266 e. The van der Waals surface area contributed by atoms with E-state index in [4.69, 9.17) is 0 Å². The van der Waals surface area contributed by atoms with Crippen LogP contribution in [0.25, 0.3) is 0 Å². The SMILES string of the molecule is O=c1ccn2cccnn12. The van der Waals surface area contributed by atoms with Gasteiger partial charge in [0.15, 0.2) is 0 Å². The first kappa shape index (κ1) is 5.22. The molecule has 0 N–H and O–H groups in total. The van der Waals surface area contributed by atoms with Gasteiger partial charge in [-0.25, -0.2) is 4.52 Å². The molecule has 0 unspecified atom stereocenters. The molecule has 0 aliphatic carbocycles. The van der Waals surface area contributed by atoms with E-state index in [9.17, 15) is 4.79 Å². The minimum Gasteiger partial charge on any atom is -0.266 e. The lowest BCUT2D eigenvalue weighted by molar-refractivity contribution is 0.675. The molecule has 4 heteroatoms. The van der Waals surface area contributed by atoms with Crippen molar-refractivity contribution in [2.75, 3.05) is 0 Å². The van der Waals surface area contributed by atoms with E-state index in [1.165, 1.54) is 10.7 Å². The minimum absolute atomic E-state index is 0.111. The lowest BCUT2D eigenvalue weighted by Crippen LogP contribution is -2.12. The Labute approximate surface area is 56.3 Å². The highest BCUT2D eigenvalue weighted by molar-refractivity contribution is 4.87. The van der Waals surface area contributed by atoms with Crippen LogP contribution in [-0.2, 0) is 0 Å². The molecule has 2 rings (SSSR count). The molecule has 0 saturated carbocycles. The van der Waals surface area contributed by atoms with Crippen molar-refractivity contribution >= 4 is 0 Å². The molecule has 0 aliphatic rings. The first-order chi connectivity index (χ1) is 4.88. The van der Waals surface area contributed by atoms with Crippen molar-refractivity contribution in [1.29, 1.82) is 0 Å². The van der Waals surface area contributed by atoms with E-state index in [2.05, 4.69) is 5.10 Å². The van der Waals surface area contributed by atoms with Crippen molar-refractivity contribution in [1.82, 2.24) is 14.2 Å². The summed E-state index contributed by atoms with van der Waals surface area (Å²) in [6, 6.07) is 3.23. The van der Waals surface area contributed by atoms with Crippen molar-refractivity contribution in [3.63, 3.8) is 0 Å². The molecular formula is C6H5N3O. The topological polar surface area (TPSA) is 38.8 Å². The Morgan fingerprint density at radius 2 is 2.30 bits per heavy atom. The van der Waals surface area contributed by atoms with E-state index in [0.29, 0.717) is 0 Å². The highest BCUT2D eigenvalue weighted by Crippen LogP contribution is 1.79. The largest absolute Gasteiger partial charge is 0.288 e. The van der Waals surface area contributed by atoms with Gasteiger partial charge >= 0.3 is 0 Å². The van der Waals surface area contributed by atoms with Crippen molar-refractivity contribution in [2.24, 2.45) is 0 Å². The summed E-state index contributed by atoms with van der Waals surface area (Å²) in [7, 11) is 0. The van der Waals surface area contributed by atoms with Gasteiger partial charge in [0.2, 0.25) is 0 Å². The van der Waals surface area contributed by atoms with Crippen LogP contribution in [0.4, 0.5) is 0 Å². The fourth-order valence-corrected chi connectivity index (χ4v) is 0.841. The summed E-state index contributed by atoms with van der Waals surface area (Å²) in [5.41, 5.74) is -0.111. The van der Waals surface area contributed by atoms with Crippen LogP contribution >= 0.6 is 0 Å². The number of hydrogen-bond acceptors (Lipinski definition) is 2. The Bertz CT molecular complexity index is 400. The number of aromatic nitrogens is 3. The maximum atomic E-state index is 10.9. The highest BCUT2D eigenvalue weighted by atomic mass is 16.1. The number of rotatable bonds is 0. The summed E-state index contributed by atoms with van der Waals surface area (Å²) in [4.78, 5) is 10.9. The number of nitrogens with zero attached hydrogens (tertiary/aromatic N) is 3. The third-order valence-electron chi connectivity index (χ3n) is 1.29. The summed E-state index contributed by atoms with van der Waals surface area (Å²) in [6.45, 7) is 0. The first-order valence-electron chi connectivity index (χ1n) is 2.89. The Morgan fingerprint density at radius 1 is 1.40 bits per heavy atom. The molecule has 0 atom stereocenters. The van der Waals surface area contributed by atoms with Gasteiger partial charge in [-0.3, -0.25) is 4.79 Å². The zero-order chi connectivity index (χ0) is 6.97. The Morgan fingerprint density at radius 3 is 3.10 bits per heavy atom. The number of hydrogen-bond donors (Lipinski definition) is 0. The number of fused-ring (bicyclic) bond motifs is 1. The van der Waals surface area contributed by atoms with Crippen molar-refractivity contribution in [2.45, 2.75) is 0 Å². The fraction of sp³-hybridized carbons (Fsp3) is 0. The molecule has 0 saturated heterocycles. The van der Waals surface area contributed by atoms with Gasteiger partial charge < -0.3 is 0 Å². The Balaban J connectivity index is 3.07. The molecule has 0 radical (unpaired) electrons. The third-order valence-corrected chi connectivity index (χ3v) is 1.29. The van der Waals surface area contributed by atoms with Crippen LogP contribution in [0.5, 0.6) is 0 Å². The summed E-state index contributed by atoms with van der Waals surface area (Å²) < 4.78 is 2.89. The van der Waals surface area contributed by atoms with E-state index >= 15 is 0 Å². The van der Waals surface area contributed by atoms with E-state index in [0.717, 1.165) is 0 Å². The fourth-order valence-electron chi connectivity index (χ4n) is 0.841. The second kappa shape index (κ2) is 1.70. The zero-order valence-electron chi connectivity index (χ0n) is 5.14.